The van der Waals surface area contributed by atoms with Gasteiger partial charge in [0.05, 0.1) is 5.75 Å². The number of thioether (sulfide) groups is 1. The molecule has 2 nitrogen and oxygen atoms in total. The largest absolute Gasteiger partial charge is 0.342 e. The lowest BCUT2D eigenvalue weighted by molar-refractivity contribution is -0.127. The number of hydrogen-bond acceptors (Lipinski definition) is 2. The molecule has 1 saturated heterocycles. The first-order chi connectivity index (χ1) is 9.75. The number of rotatable bonds is 3. The van der Waals surface area contributed by atoms with Crippen molar-refractivity contribution in [1.29, 1.82) is 0 Å². The Bertz CT molecular complexity index is 632. The molecule has 1 aliphatic heterocycles. The third kappa shape index (κ3) is 2.79. The van der Waals surface area contributed by atoms with Crippen molar-refractivity contribution in [2.24, 2.45) is 0 Å². The van der Waals surface area contributed by atoms with Crippen molar-refractivity contribution in [1.82, 2.24) is 4.90 Å². The van der Waals surface area contributed by atoms with Gasteiger partial charge in [0.25, 0.3) is 0 Å². The molecule has 0 radical (unpaired) electrons. The van der Waals surface area contributed by atoms with E-state index in [2.05, 4.69) is 0 Å². The molecule has 0 spiro atoms. The van der Waals surface area contributed by atoms with Crippen molar-refractivity contribution in [3.05, 3.63) is 41.4 Å². The van der Waals surface area contributed by atoms with Gasteiger partial charge in [-0.1, -0.05) is 35.9 Å². The topological polar surface area (TPSA) is 20.3 Å². The van der Waals surface area contributed by atoms with E-state index in [0.29, 0.717) is 5.75 Å². The van der Waals surface area contributed by atoms with Gasteiger partial charge in [-0.2, -0.15) is 0 Å². The second kappa shape index (κ2) is 6.06. The first-order valence-electron chi connectivity index (χ1n) is 6.83. The molecular weight excluding hydrogens is 290 g/mol. The van der Waals surface area contributed by atoms with Gasteiger partial charge >= 0.3 is 0 Å². The van der Waals surface area contributed by atoms with Gasteiger partial charge in [-0.05, 0) is 30.4 Å². The van der Waals surface area contributed by atoms with Crippen LogP contribution < -0.4 is 0 Å². The van der Waals surface area contributed by atoms with Crippen molar-refractivity contribution < 1.29 is 4.79 Å². The van der Waals surface area contributed by atoms with Crippen LogP contribution in [-0.4, -0.2) is 29.6 Å². The summed E-state index contributed by atoms with van der Waals surface area (Å²) in [4.78, 5) is 15.2. The van der Waals surface area contributed by atoms with Crippen LogP contribution in [-0.2, 0) is 4.79 Å². The summed E-state index contributed by atoms with van der Waals surface area (Å²) in [6, 6.07) is 12.0. The lowest BCUT2D eigenvalue weighted by Crippen LogP contribution is -2.29. The average Bonchev–Trinajstić information content (AvgIpc) is 2.99. The number of carbonyl (C=O) groups is 1. The van der Waals surface area contributed by atoms with Crippen LogP contribution in [0.1, 0.15) is 12.8 Å². The fourth-order valence-electron chi connectivity index (χ4n) is 2.58. The molecule has 0 aliphatic carbocycles. The molecule has 1 heterocycles. The van der Waals surface area contributed by atoms with E-state index in [4.69, 9.17) is 11.6 Å². The van der Waals surface area contributed by atoms with Gasteiger partial charge in [0.15, 0.2) is 0 Å². The Morgan fingerprint density at radius 2 is 1.85 bits per heavy atom. The number of nitrogens with zero attached hydrogens (tertiary/aromatic N) is 1. The maximum atomic E-state index is 12.1. The summed E-state index contributed by atoms with van der Waals surface area (Å²) < 4.78 is 0. The van der Waals surface area contributed by atoms with Crippen LogP contribution >= 0.6 is 23.4 Å². The zero-order valence-corrected chi connectivity index (χ0v) is 12.7. The second-order valence-corrected chi connectivity index (χ2v) is 6.40. The van der Waals surface area contributed by atoms with E-state index in [1.165, 1.54) is 0 Å². The molecule has 0 aromatic heterocycles. The molecule has 4 heteroatoms. The van der Waals surface area contributed by atoms with Crippen molar-refractivity contribution in [3.8, 4) is 0 Å². The van der Waals surface area contributed by atoms with Crippen LogP contribution in [0.2, 0.25) is 5.02 Å². The van der Waals surface area contributed by atoms with E-state index in [1.807, 2.05) is 41.3 Å². The van der Waals surface area contributed by atoms with Crippen LogP contribution in [0.25, 0.3) is 10.8 Å². The zero-order chi connectivity index (χ0) is 13.9. The third-order valence-electron chi connectivity index (χ3n) is 3.63. The summed E-state index contributed by atoms with van der Waals surface area (Å²) in [6.07, 6.45) is 2.27. The highest BCUT2D eigenvalue weighted by Gasteiger charge is 2.18. The van der Waals surface area contributed by atoms with Crippen molar-refractivity contribution in [3.63, 3.8) is 0 Å². The van der Waals surface area contributed by atoms with E-state index in [1.54, 1.807) is 11.8 Å². The third-order valence-corrected chi connectivity index (χ3v) is 4.98. The van der Waals surface area contributed by atoms with Gasteiger partial charge in [0, 0.05) is 28.4 Å². The molecule has 2 aromatic rings. The molecule has 0 bridgehead atoms. The lowest BCUT2D eigenvalue weighted by atomic mass is 10.1. The summed E-state index contributed by atoms with van der Waals surface area (Å²) in [7, 11) is 0. The van der Waals surface area contributed by atoms with Crippen molar-refractivity contribution in [2.75, 3.05) is 18.8 Å². The number of benzene rings is 2. The van der Waals surface area contributed by atoms with Crippen molar-refractivity contribution >= 4 is 40.0 Å². The van der Waals surface area contributed by atoms with Crippen LogP contribution in [0.5, 0.6) is 0 Å². The number of carbonyl (C=O) groups excluding carboxylic acids is 1. The van der Waals surface area contributed by atoms with E-state index >= 15 is 0 Å². The van der Waals surface area contributed by atoms with Crippen molar-refractivity contribution in [2.45, 2.75) is 17.7 Å². The summed E-state index contributed by atoms with van der Waals surface area (Å²) in [5.41, 5.74) is 0. The Morgan fingerprint density at radius 3 is 2.60 bits per heavy atom. The number of halogens is 1. The Labute approximate surface area is 128 Å². The van der Waals surface area contributed by atoms with Crippen LogP contribution in [0.15, 0.2) is 41.3 Å². The van der Waals surface area contributed by atoms with Gasteiger partial charge in [-0.25, -0.2) is 0 Å². The first kappa shape index (κ1) is 13.8. The van der Waals surface area contributed by atoms with Gasteiger partial charge in [-0.3, -0.25) is 4.79 Å². The van der Waals surface area contributed by atoms with Crippen LogP contribution in [0, 0.1) is 0 Å². The summed E-state index contributed by atoms with van der Waals surface area (Å²) in [6.45, 7) is 1.82. The quantitative estimate of drug-likeness (QED) is 0.792. The second-order valence-electron chi connectivity index (χ2n) is 4.97. The summed E-state index contributed by atoms with van der Waals surface area (Å²) in [5, 5.41) is 2.92. The van der Waals surface area contributed by atoms with Gasteiger partial charge in [0.2, 0.25) is 5.91 Å². The van der Waals surface area contributed by atoms with Crippen LogP contribution in [0.4, 0.5) is 0 Å². The molecule has 20 heavy (non-hydrogen) atoms. The minimum absolute atomic E-state index is 0.233. The smallest absolute Gasteiger partial charge is 0.232 e. The summed E-state index contributed by atoms with van der Waals surface area (Å²) >= 11 is 7.88. The number of fused-ring (bicyclic) bond motifs is 1. The molecular formula is C16H16ClNOS. The van der Waals surface area contributed by atoms with Gasteiger partial charge in [0.1, 0.15) is 0 Å². The SMILES string of the molecule is O=C(CSc1cccc2cccc(Cl)c12)N1CCCC1. The molecule has 0 N–H and O–H groups in total. The Kier molecular flexibility index (Phi) is 4.18. The molecule has 0 saturated carbocycles. The Hall–Kier alpha value is -1.19. The lowest BCUT2D eigenvalue weighted by Gasteiger charge is -2.15. The normalized spacial score (nSPS) is 14.9. The predicted molar refractivity (Wildman–Crippen MR) is 85.5 cm³/mol. The molecule has 104 valence electrons. The van der Waals surface area contributed by atoms with E-state index in [-0.39, 0.29) is 5.91 Å². The molecule has 0 atom stereocenters. The van der Waals surface area contributed by atoms with E-state index < -0.39 is 0 Å². The minimum atomic E-state index is 0.233. The molecule has 2 aromatic carbocycles. The van der Waals surface area contributed by atoms with Crippen LogP contribution in [0.3, 0.4) is 0 Å². The monoisotopic (exact) mass is 305 g/mol. The fourth-order valence-corrected chi connectivity index (χ4v) is 3.93. The fraction of sp³-hybridized carbons (Fsp3) is 0.312. The predicted octanol–water partition coefficient (Wildman–Crippen LogP) is 4.21. The minimum Gasteiger partial charge on any atom is -0.342 e. The van der Waals surface area contributed by atoms with E-state index in [9.17, 15) is 4.79 Å². The Morgan fingerprint density at radius 1 is 1.15 bits per heavy atom. The highest BCUT2D eigenvalue weighted by molar-refractivity contribution is 8.00. The molecule has 1 aliphatic rings. The molecule has 3 rings (SSSR count). The highest BCUT2D eigenvalue weighted by atomic mass is 35.5. The average molecular weight is 306 g/mol. The highest BCUT2D eigenvalue weighted by Crippen LogP contribution is 2.33. The van der Waals surface area contributed by atoms with Gasteiger partial charge in [-0.15, -0.1) is 11.8 Å². The molecule has 1 amide bonds. The molecule has 1 fully saturated rings. The maximum Gasteiger partial charge on any atom is 0.232 e. The number of amides is 1. The standard InChI is InChI=1S/C16H16ClNOS/c17-13-7-3-5-12-6-4-8-14(16(12)13)20-11-15(19)18-9-1-2-10-18/h3-8H,1-2,9-11H2. The number of hydrogen-bond donors (Lipinski definition) is 0. The molecule has 0 unspecified atom stereocenters. The number of likely N-dealkylation sites (tertiary alicyclic amines) is 1. The van der Waals surface area contributed by atoms with Gasteiger partial charge < -0.3 is 4.90 Å². The Balaban J connectivity index is 1.79. The summed E-state index contributed by atoms with van der Waals surface area (Å²) in [5.74, 6) is 0.723. The first-order valence-corrected chi connectivity index (χ1v) is 8.20. The maximum absolute atomic E-state index is 12.1. The van der Waals surface area contributed by atoms with E-state index in [0.717, 1.165) is 46.6 Å². The zero-order valence-electron chi connectivity index (χ0n) is 11.1.